The molecule has 1 aliphatic heterocycles. The molecule has 0 amide bonds. The zero-order valence-corrected chi connectivity index (χ0v) is 4.55. The van der Waals surface area contributed by atoms with Gasteiger partial charge in [0.1, 0.15) is 6.23 Å². The van der Waals surface area contributed by atoms with Gasteiger partial charge in [-0.15, -0.1) is 0 Å². The van der Waals surface area contributed by atoms with Gasteiger partial charge in [0.25, 0.3) is 0 Å². The van der Waals surface area contributed by atoms with Gasteiger partial charge in [0.05, 0.1) is 6.10 Å². The smallest absolute Gasteiger partial charge is 0.132 e. The van der Waals surface area contributed by atoms with Crippen molar-refractivity contribution < 1.29 is 4.74 Å². The lowest BCUT2D eigenvalue weighted by atomic mass is 10.2. The lowest BCUT2D eigenvalue weighted by Crippen LogP contribution is -2.04. The molecule has 0 spiro atoms. The predicted molar refractivity (Wildman–Crippen MR) is 27.8 cm³/mol. The molecule has 1 unspecified atom stereocenters. The fraction of sp³-hybridized carbons (Fsp3) is 1.00. The molecule has 2 nitrogen and oxygen atoms in total. The highest BCUT2D eigenvalue weighted by molar-refractivity contribution is 4.77. The Bertz CT molecular complexity index is 65.1. The van der Waals surface area contributed by atoms with Crippen LogP contribution >= 0.6 is 0 Å². The molecule has 0 aliphatic carbocycles. The Kier molecular flexibility index (Phi) is 1.30. The molecule has 1 saturated heterocycles. The largest absolute Gasteiger partial charge is 0.353 e. The average molecular weight is 101 g/mol. The molecular formula is C5H11NO. The maximum absolute atomic E-state index is 5.33. The predicted octanol–water partition coefficient (Wildman–Crippen LogP) is 0.470. The van der Waals surface area contributed by atoms with Gasteiger partial charge in [0.15, 0.2) is 0 Å². The van der Waals surface area contributed by atoms with E-state index in [9.17, 15) is 0 Å². The Balaban J connectivity index is 1.98. The van der Waals surface area contributed by atoms with Gasteiger partial charge in [-0.05, 0) is 6.42 Å². The maximum atomic E-state index is 5.33. The van der Waals surface area contributed by atoms with Crippen LogP contribution in [0.4, 0.5) is 0 Å². The van der Waals surface area contributed by atoms with Crippen LogP contribution in [0.25, 0.3) is 0 Å². The van der Waals surface area contributed by atoms with Gasteiger partial charge < -0.3 is 10.5 Å². The van der Waals surface area contributed by atoms with Crippen molar-refractivity contribution in [1.29, 1.82) is 0 Å². The molecule has 2 atom stereocenters. The number of hydrogen-bond donors (Lipinski definition) is 1. The van der Waals surface area contributed by atoms with E-state index in [0.717, 1.165) is 6.42 Å². The summed E-state index contributed by atoms with van der Waals surface area (Å²) in [5.41, 5.74) is 5.33. The van der Waals surface area contributed by atoms with Crippen LogP contribution in [0.1, 0.15) is 19.8 Å². The SMILES string of the molecule is CCCC1O[C@H]1N. The van der Waals surface area contributed by atoms with Gasteiger partial charge in [-0.3, -0.25) is 0 Å². The highest BCUT2D eigenvalue weighted by Gasteiger charge is 2.33. The van der Waals surface area contributed by atoms with E-state index in [2.05, 4.69) is 6.92 Å². The van der Waals surface area contributed by atoms with Gasteiger partial charge in [-0.25, -0.2) is 0 Å². The minimum absolute atomic E-state index is 0.0694. The Morgan fingerprint density at radius 3 is 2.43 bits per heavy atom. The molecule has 0 radical (unpaired) electrons. The second-order valence-corrected chi connectivity index (χ2v) is 1.93. The van der Waals surface area contributed by atoms with E-state index in [1.165, 1.54) is 6.42 Å². The molecule has 1 heterocycles. The first-order valence-electron chi connectivity index (χ1n) is 2.75. The van der Waals surface area contributed by atoms with E-state index < -0.39 is 0 Å². The average Bonchev–Trinajstić information content (AvgIpc) is 2.22. The van der Waals surface area contributed by atoms with Crippen LogP contribution in [0.15, 0.2) is 0 Å². The number of rotatable bonds is 2. The van der Waals surface area contributed by atoms with Crippen LogP contribution in [0.2, 0.25) is 0 Å². The Morgan fingerprint density at radius 1 is 1.71 bits per heavy atom. The van der Waals surface area contributed by atoms with Gasteiger partial charge >= 0.3 is 0 Å². The van der Waals surface area contributed by atoms with Crippen molar-refractivity contribution in [1.82, 2.24) is 0 Å². The summed E-state index contributed by atoms with van der Waals surface area (Å²) in [7, 11) is 0. The van der Waals surface area contributed by atoms with Crippen LogP contribution < -0.4 is 5.73 Å². The summed E-state index contributed by atoms with van der Waals surface area (Å²) in [6.07, 6.45) is 2.77. The van der Waals surface area contributed by atoms with Gasteiger partial charge in [0, 0.05) is 0 Å². The molecule has 0 aromatic rings. The first kappa shape index (κ1) is 5.06. The first-order chi connectivity index (χ1) is 3.34. The molecule has 0 aromatic heterocycles. The molecule has 1 aliphatic rings. The summed E-state index contributed by atoms with van der Waals surface area (Å²) in [6.45, 7) is 2.13. The normalized spacial score (nSPS) is 38.6. The van der Waals surface area contributed by atoms with E-state index in [4.69, 9.17) is 10.5 Å². The molecule has 0 bridgehead atoms. The van der Waals surface area contributed by atoms with Crippen LogP contribution in [-0.2, 0) is 4.74 Å². The summed E-state index contributed by atoms with van der Waals surface area (Å²) in [6, 6.07) is 0. The lowest BCUT2D eigenvalue weighted by molar-refractivity contribution is 0.364. The molecule has 7 heavy (non-hydrogen) atoms. The first-order valence-corrected chi connectivity index (χ1v) is 2.75. The van der Waals surface area contributed by atoms with E-state index in [-0.39, 0.29) is 6.23 Å². The maximum Gasteiger partial charge on any atom is 0.132 e. The monoisotopic (exact) mass is 101 g/mol. The van der Waals surface area contributed by atoms with Crippen LogP contribution in [0.5, 0.6) is 0 Å². The quantitative estimate of drug-likeness (QED) is 0.513. The molecule has 2 heteroatoms. The molecule has 2 N–H and O–H groups in total. The van der Waals surface area contributed by atoms with Crippen molar-refractivity contribution in [3.05, 3.63) is 0 Å². The number of epoxide rings is 1. The molecule has 0 saturated carbocycles. The summed E-state index contributed by atoms with van der Waals surface area (Å²) >= 11 is 0. The second kappa shape index (κ2) is 1.80. The Labute approximate surface area is 43.6 Å². The van der Waals surface area contributed by atoms with Crippen molar-refractivity contribution in [2.45, 2.75) is 32.1 Å². The molecule has 1 fully saturated rings. The minimum atomic E-state index is 0.0694. The van der Waals surface area contributed by atoms with Crippen molar-refractivity contribution >= 4 is 0 Å². The topological polar surface area (TPSA) is 38.5 Å². The standard InChI is InChI=1S/C5H11NO/c1-2-3-4-5(6)7-4/h4-5H,2-3,6H2,1H3/t4?,5-/m1/s1. The highest BCUT2D eigenvalue weighted by atomic mass is 16.6. The fourth-order valence-corrected chi connectivity index (χ4v) is 0.673. The van der Waals surface area contributed by atoms with E-state index in [0.29, 0.717) is 6.10 Å². The van der Waals surface area contributed by atoms with Crippen molar-refractivity contribution in [2.75, 3.05) is 0 Å². The second-order valence-electron chi connectivity index (χ2n) is 1.93. The number of ether oxygens (including phenoxy) is 1. The summed E-state index contributed by atoms with van der Waals surface area (Å²) in [5, 5.41) is 0. The Hall–Kier alpha value is -0.0800. The third-order valence-corrected chi connectivity index (χ3v) is 1.19. The van der Waals surface area contributed by atoms with Crippen LogP contribution in [0, 0.1) is 0 Å². The molecule has 0 aromatic carbocycles. The van der Waals surface area contributed by atoms with Crippen LogP contribution in [-0.4, -0.2) is 12.3 Å². The van der Waals surface area contributed by atoms with Gasteiger partial charge in [-0.2, -0.15) is 0 Å². The molecular weight excluding hydrogens is 90.1 g/mol. The van der Waals surface area contributed by atoms with E-state index >= 15 is 0 Å². The fourth-order valence-electron chi connectivity index (χ4n) is 0.673. The molecule has 1 rings (SSSR count). The van der Waals surface area contributed by atoms with Gasteiger partial charge in [-0.1, -0.05) is 13.3 Å². The lowest BCUT2D eigenvalue weighted by Gasteiger charge is -1.81. The third-order valence-electron chi connectivity index (χ3n) is 1.19. The summed E-state index contributed by atoms with van der Waals surface area (Å²) in [5.74, 6) is 0. The van der Waals surface area contributed by atoms with E-state index in [1.807, 2.05) is 0 Å². The minimum Gasteiger partial charge on any atom is -0.353 e. The van der Waals surface area contributed by atoms with Gasteiger partial charge in [0.2, 0.25) is 0 Å². The van der Waals surface area contributed by atoms with Crippen molar-refractivity contribution in [2.24, 2.45) is 5.73 Å². The Morgan fingerprint density at radius 2 is 2.29 bits per heavy atom. The zero-order chi connectivity index (χ0) is 5.28. The van der Waals surface area contributed by atoms with Crippen molar-refractivity contribution in [3.8, 4) is 0 Å². The number of hydrogen-bond acceptors (Lipinski definition) is 2. The van der Waals surface area contributed by atoms with E-state index in [1.54, 1.807) is 0 Å². The summed E-state index contributed by atoms with van der Waals surface area (Å²) < 4.78 is 4.94. The highest BCUT2D eigenvalue weighted by Crippen LogP contribution is 2.20. The zero-order valence-electron chi connectivity index (χ0n) is 4.55. The van der Waals surface area contributed by atoms with Crippen molar-refractivity contribution in [3.63, 3.8) is 0 Å². The van der Waals surface area contributed by atoms with Crippen LogP contribution in [0.3, 0.4) is 0 Å². The number of nitrogens with two attached hydrogens (primary N) is 1. The summed E-state index contributed by atoms with van der Waals surface area (Å²) in [4.78, 5) is 0. The molecule has 42 valence electrons. The third kappa shape index (κ3) is 1.14.